The largest absolute Gasteiger partial charge is 0.300 e. The molecule has 1 N–H and O–H groups in total. The maximum atomic E-state index is 6.07. The molecule has 0 aliphatic heterocycles. The third-order valence-electron chi connectivity index (χ3n) is 1.85. The molecule has 0 amide bonds. The Morgan fingerprint density at radius 2 is 2.36 bits per heavy atom. The molecule has 1 atom stereocenters. The zero-order valence-corrected chi connectivity index (χ0v) is 10.2. The third-order valence-corrected chi connectivity index (χ3v) is 2.67. The molecule has 74 valence electrons. The van der Waals surface area contributed by atoms with E-state index in [0.29, 0.717) is 5.02 Å². The average molecular weight is 273 g/mol. The smallest absolute Gasteiger partial charge is 0.0957 e. The van der Waals surface area contributed by atoms with Gasteiger partial charge in [0.2, 0.25) is 0 Å². The molecule has 0 aromatic heterocycles. The van der Waals surface area contributed by atoms with Gasteiger partial charge in [0.15, 0.2) is 0 Å². The van der Waals surface area contributed by atoms with E-state index < -0.39 is 0 Å². The van der Waals surface area contributed by atoms with Crippen LogP contribution in [-0.2, 0) is 0 Å². The highest BCUT2D eigenvalue weighted by molar-refractivity contribution is 9.10. The van der Waals surface area contributed by atoms with Crippen molar-refractivity contribution in [3.63, 3.8) is 0 Å². The second-order valence-corrected chi connectivity index (χ2v) is 4.15. The molecule has 1 unspecified atom stereocenters. The van der Waals surface area contributed by atoms with E-state index in [4.69, 9.17) is 18.0 Å². The number of terminal acetylenes is 1. The molecule has 0 aliphatic carbocycles. The van der Waals surface area contributed by atoms with E-state index in [0.717, 1.165) is 16.6 Å². The molecule has 0 heterocycles. The first-order valence-electron chi connectivity index (χ1n) is 4.33. The molecule has 0 saturated carbocycles. The Morgan fingerprint density at radius 3 is 2.86 bits per heavy atom. The van der Waals surface area contributed by atoms with Gasteiger partial charge in [-0.2, -0.15) is 0 Å². The van der Waals surface area contributed by atoms with Gasteiger partial charge in [-0.3, -0.25) is 0 Å². The average Bonchev–Trinajstić information content (AvgIpc) is 2.15. The summed E-state index contributed by atoms with van der Waals surface area (Å²) < 4.78 is 0.957. The van der Waals surface area contributed by atoms with Gasteiger partial charge in [-0.05, 0) is 24.2 Å². The Morgan fingerprint density at radius 1 is 1.64 bits per heavy atom. The molecule has 1 rings (SSSR count). The van der Waals surface area contributed by atoms with E-state index in [1.807, 2.05) is 25.1 Å². The van der Waals surface area contributed by atoms with Gasteiger partial charge in [0, 0.05) is 9.50 Å². The molecular formula is C11H11BrClN. The predicted octanol–water partition coefficient (Wildman–Crippen LogP) is 3.39. The molecule has 1 aromatic carbocycles. The van der Waals surface area contributed by atoms with Gasteiger partial charge in [0.1, 0.15) is 0 Å². The second-order valence-electron chi connectivity index (χ2n) is 2.82. The standard InChI is InChI=1S/C11H11BrClN/c1-3-11(14-4-2)9-6-5-8(12)7-10(9)13/h1,5-7,11,14H,4H2,2H3. The summed E-state index contributed by atoms with van der Waals surface area (Å²) in [4.78, 5) is 0. The third kappa shape index (κ3) is 2.75. The van der Waals surface area contributed by atoms with Crippen LogP contribution in [0.4, 0.5) is 0 Å². The Bertz CT molecular complexity index is 357. The summed E-state index contributed by atoms with van der Waals surface area (Å²) in [6, 6.07) is 5.60. The number of hydrogen-bond donors (Lipinski definition) is 1. The summed E-state index contributed by atoms with van der Waals surface area (Å²) in [6.07, 6.45) is 5.41. The first-order chi connectivity index (χ1) is 6.69. The summed E-state index contributed by atoms with van der Waals surface area (Å²) in [6.45, 7) is 2.83. The Labute approximate surface area is 98.0 Å². The van der Waals surface area contributed by atoms with Crippen molar-refractivity contribution < 1.29 is 0 Å². The van der Waals surface area contributed by atoms with Crippen LogP contribution in [-0.4, -0.2) is 6.54 Å². The van der Waals surface area contributed by atoms with E-state index in [9.17, 15) is 0 Å². The first-order valence-corrected chi connectivity index (χ1v) is 5.50. The fraction of sp³-hybridized carbons (Fsp3) is 0.273. The molecule has 0 aliphatic rings. The minimum atomic E-state index is -0.111. The minimum absolute atomic E-state index is 0.111. The van der Waals surface area contributed by atoms with E-state index in [1.54, 1.807) is 0 Å². The quantitative estimate of drug-likeness (QED) is 0.832. The molecule has 0 bridgehead atoms. The normalized spacial score (nSPS) is 12.1. The summed E-state index contributed by atoms with van der Waals surface area (Å²) in [5.74, 6) is 2.67. The zero-order chi connectivity index (χ0) is 10.6. The Hall–Kier alpha value is -0.490. The predicted molar refractivity (Wildman–Crippen MR) is 64.4 cm³/mol. The van der Waals surface area contributed by atoms with Crippen molar-refractivity contribution >= 4 is 27.5 Å². The summed E-state index contributed by atoms with van der Waals surface area (Å²) in [5, 5.41) is 3.86. The molecule has 1 nitrogen and oxygen atoms in total. The monoisotopic (exact) mass is 271 g/mol. The van der Waals surface area contributed by atoms with Crippen molar-refractivity contribution in [2.24, 2.45) is 0 Å². The molecule has 1 aromatic rings. The van der Waals surface area contributed by atoms with Gasteiger partial charge in [0.05, 0.1) is 6.04 Å². The van der Waals surface area contributed by atoms with Crippen molar-refractivity contribution in [2.45, 2.75) is 13.0 Å². The molecule has 0 spiro atoms. The number of halogens is 2. The lowest BCUT2D eigenvalue weighted by Gasteiger charge is -2.13. The van der Waals surface area contributed by atoms with Crippen LogP contribution in [0.15, 0.2) is 22.7 Å². The first kappa shape index (κ1) is 11.6. The van der Waals surface area contributed by atoms with E-state index in [2.05, 4.69) is 27.2 Å². The maximum Gasteiger partial charge on any atom is 0.0957 e. The van der Waals surface area contributed by atoms with Crippen molar-refractivity contribution in [2.75, 3.05) is 6.54 Å². The van der Waals surface area contributed by atoms with Crippen LogP contribution >= 0.6 is 27.5 Å². The number of hydrogen-bond acceptors (Lipinski definition) is 1. The summed E-state index contributed by atoms with van der Waals surface area (Å²) in [5.41, 5.74) is 0.944. The Balaban J connectivity index is 3.00. The lowest BCUT2D eigenvalue weighted by molar-refractivity contribution is 0.665. The summed E-state index contributed by atoms with van der Waals surface area (Å²) >= 11 is 9.42. The SMILES string of the molecule is C#CC(NCC)c1ccc(Br)cc1Cl. The molecular weight excluding hydrogens is 261 g/mol. The molecule has 0 saturated heterocycles. The highest BCUT2D eigenvalue weighted by Gasteiger charge is 2.10. The highest BCUT2D eigenvalue weighted by atomic mass is 79.9. The van der Waals surface area contributed by atoms with Crippen molar-refractivity contribution in [3.05, 3.63) is 33.3 Å². The van der Waals surface area contributed by atoms with Gasteiger partial charge >= 0.3 is 0 Å². The molecule has 14 heavy (non-hydrogen) atoms. The van der Waals surface area contributed by atoms with Crippen molar-refractivity contribution in [1.29, 1.82) is 0 Å². The van der Waals surface area contributed by atoms with Crippen LogP contribution in [0.1, 0.15) is 18.5 Å². The fourth-order valence-electron chi connectivity index (χ4n) is 1.20. The number of benzene rings is 1. The number of nitrogens with one attached hydrogen (secondary N) is 1. The van der Waals surface area contributed by atoms with Gasteiger partial charge in [-0.1, -0.05) is 46.4 Å². The molecule has 0 fully saturated rings. The van der Waals surface area contributed by atoms with Crippen molar-refractivity contribution in [3.8, 4) is 12.3 Å². The van der Waals surface area contributed by atoms with E-state index >= 15 is 0 Å². The lowest BCUT2D eigenvalue weighted by Crippen LogP contribution is -2.19. The van der Waals surface area contributed by atoms with Gasteiger partial charge < -0.3 is 5.32 Å². The molecule has 0 radical (unpaired) electrons. The van der Waals surface area contributed by atoms with Crippen LogP contribution in [0.3, 0.4) is 0 Å². The van der Waals surface area contributed by atoms with Crippen LogP contribution < -0.4 is 5.32 Å². The van der Waals surface area contributed by atoms with Crippen LogP contribution in [0.2, 0.25) is 5.02 Å². The minimum Gasteiger partial charge on any atom is -0.300 e. The number of rotatable bonds is 3. The maximum absolute atomic E-state index is 6.07. The second kappa shape index (κ2) is 5.41. The van der Waals surface area contributed by atoms with Gasteiger partial charge in [-0.15, -0.1) is 6.42 Å². The van der Waals surface area contributed by atoms with E-state index in [-0.39, 0.29) is 6.04 Å². The van der Waals surface area contributed by atoms with Crippen LogP contribution in [0.5, 0.6) is 0 Å². The summed E-state index contributed by atoms with van der Waals surface area (Å²) in [7, 11) is 0. The van der Waals surface area contributed by atoms with E-state index in [1.165, 1.54) is 0 Å². The van der Waals surface area contributed by atoms with Crippen LogP contribution in [0.25, 0.3) is 0 Å². The molecule has 3 heteroatoms. The highest BCUT2D eigenvalue weighted by Crippen LogP contribution is 2.26. The Kier molecular flexibility index (Phi) is 4.47. The van der Waals surface area contributed by atoms with Crippen molar-refractivity contribution in [1.82, 2.24) is 5.32 Å². The van der Waals surface area contributed by atoms with Gasteiger partial charge in [0.25, 0.3) is 0 Å². The van der Waals surface area contributed by atoms with Crippen LogP contribution in [0, 0.1) is 12.3 Å². The zero-order valence-electron chi connectivity index (χ0n) is 7.85. The topological polar surface area (TPSA) is 12.0 Å². The fourth-order valence-corrected chi connectivity index (χ4v) is 1.98. The lowest BCUT2D eigenvalue weighted by atomic mass is 10.1. The van der Waals surface area contributed by atoms with Gasteiger partial charge in [-0.25, -0.2) is 0 Å².